The van der Waals surface area contributed by atoms with Crippen LogP contribution in [0.3, 0.4) is 0 Å². The highest BCUT2D eigenvalue weighted by Gasteiger charge is 2.20. The molecule has 0 saturated heterocycles. The number of amides is 1. The van der Waals surface area contributed by atoms with E-state index >= 15 is 0 Å². The first-order valence-electron chi connectivity index (χ1n) is 31.7. The van der Waals surface area contributed by atoms with Crippen molar-refractivity contribution in [3.8, 4) is 0 Å². The molecule has 0 aromatic heterocycles. The summed E-state index contributed by atoms with van der Waals surface area (Å²) in [6, 6.07) is -0.532. The Morgan fingerprint density at radius 2 is 0.478 bits per heavy atom. The lowest BCUT2D eigenvalue weighted by atomic mass is 10.0. The van der Waals surface area contributed by atoms with E-state index in [1.54, 1.807) is 0 Å². The average Bonchev–Trinajstić information content (AvgIpc) is 3.33. The van der Waals surface area contributed by atoms with Gasteiger partial charge in [0.1, 0.15) is 0 Å². The van der Waals surface area contributed by atoms with Gasteiger partial charge in [-0.2, -0.15) is 0 Å². The summed E-state index contributed by atoms with van der Waals surface area (Å²) < 4.78 is 0. The molecular weight excluding hydrogens is 819 g/mol. The van der Waals surface area contributed by atoms with Crippen LogP contribution in [-0.2, 0) is 4.79 Å². The van der Waals surface area contributed by atoms with Crippen LogP contribution in [0.2, 0.25) is 0 Å². The molecule has 0 bridgehead atoms. The van der Waals surface area contributed by atoms with E-state index in [1.807, 2.05) is 0 Å². The summed E-state index contributed by atoms with van der Waals surface area (Å²) in [5.74, 6) is -0.0203. The second-order valence-corrected chi connectivity index (χ2v) is 22.2. The highest BCUT2D eigenvalue weighted by atomic mass is 16.3. The molecule has 0 aliphatic heterocycles. The van der Waals surface area contributed by atoms with Gasteiger partial charge in [-0.05, 0) is 12.8 Å². The van der Waals surface area contributed by atoms with Crippen LogP contribution >= 0.6 is 0 Å². The Bertz CT molecular complexity index is 894. The Morgan fingerprint density at radius 1 is 0.299 bits per heavy atom. The van der Waals surface area contributed by atoms with Crippen molar-refractivity contribution < 1.29 is 15.0 Å². The van der Waals surface area contributed by atoms with Crippen molar-refractivity contribution in [3.05, 3.63) is 0 Å². The highest BCUT2D eigenvalue weighted by Crippen LogP contribution is 2.19. The Hall–Kier alpha value is -0.610. The first-order chi connectivity index (χ1) is 33.2. The van der Waals surface area contributed by atoms with Gasteiger partial charge in [-0.3, -0.25) is 4.79 Å². The fourth-order valence-electron chi connectivity index (χ4n) is 10.5. The van der Waals surface area contributed by atoms with E-state index in [1.165, 1.54) is 327 Å². The first kappa shape index (κ1) is 66.4. The molecule has 3 N–H and O–H groups in total. The van der Waals surface area contributed by atoms with Crippen LogP contribution in [0.5, 0.6) is 0 Å². The zero-order valence-electron chi connectivity index (χ0n) is 46.5. The molecule has 4 heteroatoms. The normalized spacial score (nSPS) is 12.6. The van der Waals surface area contributed by atoms with Gasteiger partial charge in [0.2, 0.25) is 5.91 Å². The second kappa shape index (κ2) is 59.7. The number of rotatable bonds is 60. The van der Waals surface area contributed by atoms with E-state index in [4.69, 9.17) is 0 Å². The number of aliphatic hydroxyl groups is 2. The van der Waals surface area contributed by atoms with Crippen LogP contribution in [0.4, 0.5) is 0 Å². The molecule has 2 atom stereocenters. The van der Waals surface area contributed by atoms with E-state index in [-0.39, 0.29) is 12.5 Å². The molecule has 0 aliphatic carbocycles. The summed E-state index contributed by atoms with van der Waals surface area (Å²) in [6.45, 7) is 4.42. The molecule has 0 aromatic carbocycles. The third-order valence-electron chi connectivity index (χ3n) is 15.4. The molecule has 4 nitrogen and oxygen atoms in total. The minimum atomic E-state index is -0.656. The van der Waals surface area contributed by atoms with Gasteiger partial charge in [0.05, 0.1) is 18.8 Å². The van der Waals surface area contributed by atoms with Crippen molar-refractivity contribution in [2.24, 2.45) is 0 Å². The van der Waals surface area contributed by atoms with Gasteiger partial charge in [-0.25, -0.2) is 0 Å². The number of hydrogen-bond acceptors (Lipinski definition) is 3. The van der Waals surface area contributed by atoms with Crippen LogP contribution < -0.4 is 5.32 Å². The summed E-state index contributed by atoms with van der Waals surface area (Å²) >= 11 is 0. The predicted octanol–water partition coefficient (Wildman–Crippen LogP) is 21.1. The Balaban J connectivity index is 3.37. The van der Waals surface area contributed by atoms with Crippen LogP contribution in [0.1, 0.15) is 380 Å². The molecule has 0 spiro atoms. The third kappa shape index (κ3) is 56.2. The minimum absolute atomic E-state index is 0.0203. The van der Waals surface area contributed by atoms with Gasteiger partial charge in [0.25, 0.3) is 0 Å². The quantitative estimate of drug-likeness (QED) is 0.0532. The van der Waals surface area contributed by atoms with Crippen molar-refractivity contribution >= 4 is 5.91 Å². The molecular formula is C63H127NO3. The summed E-state index contributed by atoms with van der Waals surface area (Å²) in [4.78, 5) is 12.5. The fourth-order valence-corrected chi connectivity index (χ4v) is 10.5. The molecule has 0 aliphatic rings. The summed E-state index contributed by atoms with van der Waals surface area (Å²) in [6.07, 6.45) is 77.0. The van der Waals surface area contributed by atoms with Crippen LogP contribution in [0.25, 0.3) is 0 Å². The fraction of sp³-hybridized carbons (Fsp3) is 0.984. The molecule has 67 heavy (non-hydrogen) atoms. The molecule has 402 valence electrons. The Kier molecular flexibility index (Phi) is 59.2. The number of carbonyl (C=O) groups is 1. The van der Waals surface area contributed by atoms with E-state index in [9.17, 15) is 15.0 Å². The molecule has 2 unspecified atom stereocenters. The lowest BCUT2D eigenvalue weighted by Gasteiger charge is -2.22. The second-order valence-electron chi connectivity index (χ2n) is 22.2. The van der Waals surface area contributed by atoms with Crippen molar-refractivity contribution in [3.63, 3.8) is 0 Å². The van der Waals surface area contributed by atoms with Crippen LogP contribution in [-0.4, -0.2) is 34.9 Å². The smallest absolute Gasteiger partial charge is 0.220 e. The topological polar surface area (TPSA) is 69.6 Å². The molecule has 0 rings (SSSR count). The van der Waals surface area contributed by atoms with Crippen molar-refractivity contribution in [2.45, 2.75) is 392 Å². The molecule has 0 heterocycles. The number of aliphatic hydroxyl groups excluding tert-OH is 2. The van der Waals surface area contributed by atoms with Gasteiger partial charge < -0.3 is 15.5 Å². The van der Waals surface area contributed by atoms with E-state index in [0.717, 1.165) is 25.7 Å². The number of nitrogens with one attached hydrogen (secondary N) is 1. The molecule has 1 amide bonds. The van der Waals surface area contributed by atoms with E-state index in [0.29, 0.717) is 12.8 Å². The maximum absolute atomic E-state index is 12.5. The van der Waals surface area contributed by atoms with Gasteiger partial charge in [-0.15, -0.1) is 0 Å². The van der Waals surface area contributed by atoms with Gasteiger partial charge in [0.15, 0.2) is 0 Å². The summed E-state index contributed by atoms with van der Waals surface area (Å²) in [7, 11) is 0. The van der Waals surface area contributed by atoms with Gasteiger partial charge in [0, 0.05) is 6.42 Å². The van der Waals surface area contributed by atoms with E-state index in [2.05, 4.69) is 19.2 Å². The molecule has 0 fully saturated rings. The average molecular weight is 947 g/mol. The third-order valence-corrected chi connectivity index (χ3v) is 15.4. The van der Waals surface area contributed by atoms with Gasteiger partial charge >= 0.3 is 0 Å². The standard InChI is InChI=1S/C63H127NO3/c1-3-5-7-9-11-13-15-17-19-21-23-25-27-29-31-33-34-36-38-40-42-44-46-48-50-52-54-56-58-62(66)61(60-65)64-63(67)59-57-55-53-51-49-47-45-43-41-39-37-35-32-30-28-26-24-22-20-18-16-14-12-10-8-6-4-2/h61-62,65-66H,3-60H2,1-2H3,(H,64,67). The van der Waals surface area contributed by atoms with E-state index < -0.39 is 12.1 Å². The minimum Gasteiger partial charge on any atom is -0.394 e. The maximum atomic E-state index is 12.5. The number of carbonyl (C=O) groups excluding carboxylic acids is 1. The lowest BCUT2D eigenvalue weighted by molar-refractivity contribution is -0.123. The molecule has 0 aromatic rings. The summed E-state index contributed by atoms with van der Waals surface area (Å²) in [5.41, 5.74) is 0. The number of hydrogen-bond donors (Lipinski definition) is 3. The zero-order chi connectivity index (χ0) is 48.5. The van der Waals surface area contributed by atoms with Crippen molar-refractivity contribution in [2.75, 3.05) is 6.61 Å². The summed E-state index contributed by atoms with van der Waals surface area (Å²) in [5, 5.41) is 23.4. The maximum Gasteiger partial charge on any atom is 0.220 e. The highest BCUT2D eigenvalue weighted by molar-refractivity contribution is 5.76. The Morgan fingerprint density at radius 3 is 0.672 bits per heavy atom. The van der Waals surface area contributed by atoms with Crippen LogP contribution in [0, 0.1) is 0 Å². The zero-order valence-corrected chi connectivity index (χ0v) is 46.5. The largest absolute Gasteiger partial charge is 0.394 e. The first-order valence-corrected chi connectivity index (χ1v) is 31.7. The molecule has 0 radical (unpaired) electrons. The lowest BCUT2D eigenvalue weighted by Crippen LogP contribution is -2.45. The van der Waals surface area contributed by atoms with Gasteiger partial charge in [-0.1, -0.05) is 361 Å². The number of unbranched alkanes of at least 4 members (excludes halogenated alkanes) is 53. The predicted molar refractivity (Wildman–Crippen MR) is 300 cm³/mol. The van der Waals surface area contributed by atoms with Crippen molar-refractivity contribution in [1.82, 2.24) is 5.32 Å². The monoisotopic (exact) mass is 946 g/mol. The van der Waals surface area contributed by atoms with Crippen LogP contribution in [0.15, 0.2) is 0 Å². The Labute approximate surface area is 423 Å². The molecule has 0 saturated carbocycles. The SMILES string of the molecule is CCCCCCCCCCCCCCCCCCCCCCCCCCCCCCC(O)C(CO)NC(=O)CCCCCCCCCCCCCCCCCCCCCCCCCCCCC. The van der Waals surface area contributed by atoms with Crippen molar-refractivity contribution in [1.29, 1.82) is 0 Å².